The van der Waals surface area contributed by atoms with Crippen LogP contribution in [0.5, 0.6) is 5.75 Å². The summed E-state index contributed by atoms with van der Waals surface area (Å²) in [4.78, 5) is 20.6. The van der Waals surface area contributed by atoms with Crippen LogP contribution < -0.4 is 15.4 Å². The number of nitrogens with zero attached hydrogens (tertiary/aromatic N) is 1. The van der Waals surface area contributed by atoms with Gasteiger partial charge in [0.25, 0.3) is 0 Å². The van der Waals surface area contributed by atoms with Crippen molar-refractivity contribution in [1.29, 1.82) is 0 Å². The molecule has 1 heterocycles. The minimum atomic E-state index is -0.371. The molecule has 0 aliphatic carbocycles. The molecule has 4 rings (SSSR count). The number of carbonyl (C=O) groups is 1. The summed E-state index contributed by atoms with van der Waals surface area (Å²) in [5, 5.41) is 5.82. The Kier molecular flexibility index (Phi) is 6.65. The number of carbonyl (C=O) groups excluding carboxylic acids is 1. The Bertz CT molecular complexity index is 1160. The highest BCUT2D eigenvalue weighted by atomic mass is 19.1. The van der Waals surface area contributed by atoms with Gasteiger partial charge in [-0.05, 0) is 54.3 Å². The zero-order valence-corrected chi connectivity index (χ0v) is 17.8. The molecule has 0 aliphatic heterocycles. The molecule has 1 aromatic heterocycles. The Labute approximate surface area is 185 Å². The van der Waals surface area contributed by atoms with Gasteiger partial charge in [0.15, 0.2) is 0 Å². The summed E-state index contributed by atoms with van der Waals surface area (Å²) in [5.74, 6) is 1.17. The molecule has 164 valence electrons. The largest absolute Gasteiger partial charge is 0.497 e. The van der Waals surface area contributed by atoms with Crippen molar-refractivity contribution in [3.8, 4) is 5.75 Å². The van der Waals surface area contributed by atoms with Crippen molar-refractivity contribution in [2.24, 2.45) is 0 Å². The van der Waals surface area contributed by atoms with E-state index in [1.165, 1.54) is 6.07 Å². The van der Waals surface area contributed by atoms with Gasteiger partial charge in [-0.15, -0.1) is 0 Å². The molecule has 0 bridgehead atoms. The van der Waals surface area contributed by atoms with Gasteiger partial charge in [0.1, 0.15) is 17.4 Å². The van der Waals surface area contributed by atoms with E-state index in [0.717, 1.165) is 22.3 Å². The second-order valence-corrected chi connectivity index (χ2v) is 7.49. The van der Waals surface area contributed by atoms with E-state index in [-0.39, 0.29) is 17.9 Å². The molecule has 6 nitrogen and oxygen atoms in total. The fourth-order valence-electron chi connectivity index (χ4n) is 3.57. The van der Waals surface area contributed by atoms with Crippen LogP contribution in [0.2, 0.25) is 0 Å². The molecule has 0 fully saturated rings. The highest BCUT2D eigenvalue weighted by Crippen LogP contribution is 2.21. The van der Waals surface area contributed by atoms with E-state index in [0.29, 0.717) is 30.8 Å². The van der Waals surface area contributed by atoms with Crippen molar-refractivity contribution >= 4 is 17.1 Å². The number of aromatic amines is 1. The average molecular weight is 432 g/mol. The van der Waals surface area contributed by atoms with Crippen LogP contribution in [0, 0.1) is 5.82 Å². The lowest BCUT2D eigenvalue weighted by Gasteiger charge is -2.18. The zero-order valence-electron chi connectivity index (χ0n) is 17.8. The summed E-state index contributed by atoms with van der Waals surface area (Å²) in [6, 6.07) is 21.3. The van der Waals surface area contributed by atoms with Crippen LogP contribution >= 0.6 is 0 Å². The van der Waals surface area contributed by atoms with Crippen molar-refractivity contribution in [1.82, 2.24) is 20.6 Å². The number of methoxy groups -OCH3 is 1. The molecule has 1 unspecified atom stereocenters. The number of para-hydroxylation sites is 2. The van der Waals surface area contributed by atoms with E-state index in [4.69, 9.17) is 4.74 Å². The number of hydrogen-bond acceptors (Lipinski definition) is 3. The molecular formula is C25H25FN4O2. The Morgan fingerprint density at radius 1 is 1.06 bits per heavy atom. The van der Waals surface area contributed by atoms with Crippen LogP contribution in [0.3, 0.4) is 0 Å². The third kappa shape index (κ3) is 5.24. The first-order valence-corrected chi connectivity index (χ1v) is 10.5. The standard InChI is InChI=1S/C25H25FN4O2/c1-32-19-12-10-17(11-13-19)16-23(24-28-21-8-4-5-9-22(21)29-24)30-25(31)27-15-14-18-6-2-3-7-20(18)26/h2-13,23H,14-16H2,1H3,(H,28,29)(H2,27,30,31). The lowest BCUT2D eigenvalue weighted by Crippen LogP contribution is -2.40. The average Bonchev–Trinajstić information content (AvgIpc) is 3.25. The number of fused-ring (bicyclic) bond motifs is 1. The van der Waals surface area contributed by atoms with Gasteiger partial charge in [0.2, 0.25) is 0 Å². The second-order valence-electron chi connectivity index (χ2n) is 7.49. The number of urea groups is 1. The van der Waals surface area contributed by atoms with E-state index in [9.17, 15) is 9.18 Å². The number of aromatic nitrogens is 2. The molecule has 3 aromatic carbocycles. The normalized spacial score (nSPS) is 11.8. The van der Waals surface area contributed by atoms with E-state index in [2.05, 4.69) is 20.6 Å². The first-order valence-electron chi connectivity index (χ1n) is 10.5. The van der Waals surface area contributed by atoms with E-state index in [1.807, 2.05) is 48.5 Å². The molecule has 2 amide bonds. The highest BCUT2D eigenvalue weighted by molar-refractivity contribution is 5.76. The Morgan fingerprint density at radius 2 is 1.81 bits per heavy atom. The number of H-pyrrole nitrogens is 1. The quantitative estimate of drug-likeness (QED) is 0.383. The fourth-order valence-corrected chi connectivity index (χ4v) is 3.57. The Balaban J connectivity index is 1.46. The number of nitrogens with one attached hydrogen (secondary N) is 3. The van der Waals surface area contributed by atoms with Crippen LogP contribution in [0.25, 0.3) is 11.0 Å². The molecule has 1 atom stereocenters. The third-order valence-corrected chi connectivity index (χ3v) is 5.28. The number of benzene rings is 3. The maximum absolute atomic E-state index is 13.8. The molecule has 0 radical (unpaired) electrons. The first kappa shape index (κ1) is 21.4. The van der Waals surface area contributed by atoms with Crippen LogP contribution in [0.15, 0.2) is 72.8 Å². The topological polar surface area (TPSA) is 79.0 Å². The number of amides is 2. The lowest BCUT2D eigenvalue weighted by atomic mass is 10.1. The van der Waals surface area contributed by atoms with E-state index >= 15 is 0 Å². The molecule has 7 heteroatoms. The SMILES string of the molecule is COc1ccc(CC(NC(=O)NCCc2ccccc2F)c2nc3ccccc3[nH]2)cc1. The van der Waals surface area contributed by atoms with Gasteiger partial charge in [-0.1, -0.05) is 42.5 Å². The molecule has 3 N–H and O–H groups in total. The van der Waals surface area contributed by atoms with Crippen molar-refractivity contribution < 1.29 is 13.9 Å². The molecule has 32 heavy (non-hydrogen) atoms. The van der Waals surface area contributed by atoms with Crippen LogP contribution in [-0.4, -0.2) is 29.7 Å². The maximum Gasteiger partial charge on any atom is 0.315 e. The summed E-state index contributed by atoms with van der Waals surface area (Å²) in [5.41, 5.74) is 3.34. The summed E-state index contributed by atoms with van der Waals surface area (Å²) < 4.78 is 19.0. The molecule has 4 aromatic rings. The van der Waals surface area contributed by atoms with Gasteiger partial charge in [0, 0.05) is 6.54 Å². The van der Waals surface area contributed by atoms with E-state index in [1.54, 1.807) is 25.3 Å². The number of hydrogen-bond donors (Lipinski definition) is 3. The molecule has 0 aliphatic rings. The number of imidazole rings is 1. The van der Waals surface area contributed by atoms with Crippen LogP contribution in [0.4, 0.5) is 9.18 Å². The molecule has 0 spiro atoms. The van der Waals surface area contributed by atoms with Gasteiger partial charge in [0.05, 0.1) is 24.2 Å². The van der Waals surface area contributed by atoms with Crippen molar-refractivity contribution in [2.75, 3.05) is 13.7 Å². The monoisotopic (exact) mass is 432 g/mol. The highest BCUT2D eigenvalue weighted by Gasteiger charge is 2.19. The Hall–Kier alpha value is -3.87. The summed E-state index contributed by atoms with van der Waals surface area (Å²) in [6.45, 7) is 0.322. The first-order chi connectivity index (χ1) is 15.6. The molecule has 0 saturated heterocycles. The van der Waals surface area contributed by atoms with Crippen molar-refractivity contribution in [3.05, 3.63) is 95.6 Å². The molecule has 0 saturated carbocycles. The lowest BCUT2D eigenvalue weighted by molar-refractivity contribution is 0.236. The summed E-state index contributed by atoms with van der Waals surface area (Å²) >= 11 is 0. The number of rotatable bonds is 8. The zero-order chi connectivity index (χ0) is 22.3. The predicted molar refractivity (Wildman–Crippen MR) is 122 cm³/mol. The number of ether oxygens (including phenoxy) is 1. The predicted octanol–water partition coefficient (Wildman–Crippen LogP) is 4.54. The van der Waals surface area contributed by atoms with Gasteiger partial charge >= 0.3 is 6.03 Å². The van der Waals surface area contributed by atoms with Gasteiger partial charge < -0.3 is 20.4 Å². The van der Waals surface area contributed by atoms with Gasteiger partial charge in [-0.3, -0.25) is 0 Å². The van der Waals surface area contributed by atoms with Gasteiger partial charge in [-0.25, -0.2) is 14.2 Å². The molecular weight excluding hydrogens is 407 g/mol. The van der Waals surface area contributed by atoms with Crippen LogP contribution in [-0.2, 0) is 12.8 Å². The third-order valence-electron chi connectivity index (χ3n) is 5.28. The fraction of sp³-hybridized carbons (Fsp3) is 0.200. The second kappa shape index (κ2) is 9.96. The smallest absolute Gasteiger partial charge is 0.315 e. The van der Waals surface area contributed by atoms with E-state index < -0.39 is 0 Å². The van der Waals surface area contributed by atoms with Crippen molar-refractivity contribution in [2.45, 2.75) is 18.9 Å². The maximum atomic E-state index is 13.8. The summed E-state index contributed by atoms with van der Waals surface area (Å²) in [7, 11) is 1.62. The number of halogens is 1. The Morgan fingerprint density at radius 3 is 2.56 bits per heavy atom. The van der Waals surface area contributed by atoms with Crippen LogP contribution in [0.1, 0.15) is 23.0 Å². The minimum Gasteiger partial charge on any atom is -0.497 e. The van der Waals surface area contributed by atoms with Crippen molar-refractivity contribution in [3.63, 3.8) is 0 Å². The summed E-state index contributed by atoms with van der Waals surface area (Å²) in [6.07, 6.45) is 0.957. The van der Waals surface area contributed by atoms with Gasteiger partial charge in [-0.2, -0.15) is 0 Å². The minimum absolute atomic E-state index is 0.269.